The number of carbonyl (C=O) groups is 1. The highest BCUT2D eigenvalue weighted by molar-refractivity contribution is 5.94. The Morgan fingerprint density at radius 1 is 1.24 bits per heavy atom. The van der Waals surface area contributed by atoms with Gasteiger partial charge in [0.2, 0.25) is 0 Å². The van der Waals surface area contributed by atoms with Crippen LogP contribution in [0.2, 0.25) is 0 Å². The number of aryl methyl sites for hydroxylation is 1. The van der Waals surface area contributed by atoms with Crippen molar-refractivity contribution >= 4 is 5.91 Å². The lowest BCUT2D eigenvalue weighted by Crippen LogP contribution is -2.31. The molecule has 1 atom stereocenters. The normalized spacial score (nSPS) is 12.0. The average Bonchev–Trinajstić information content (AvgIpc) is 2.48. The molecule has 0 saturated carbocycles. The van der Waals surface area contributed by atoms with E-state index in [1.165, 1.54) is 27.7 Å². The molecule has 0 N–H and O–H groups in total. The van der Waals surface area contributed by atoms with Crippen molar-refractivity contribution in [3.63, 3.8) is 0 Å². The third-order valence-corrected chi connectivity index (χ3v) is 3.60. The summed E-state index contributed by atoms with van der Waals surface area (Å²) in [6, 6.07) is 8.72. The van der Waals surface area contributed by atoms with Crippen LogP contribution in [0.5, 0.6) is 0 Å². The molecule has 0 bridgehead atoms. The van der Waals surface area contributed by atoms with Crippen molar-refractivity contribution in [1.29, 1.82) is 0 Å². The van der Waals surface area contributed by atoms with Gasteiger partial charge in [-0.3, -0.25) is 9.59 Å². The molecule has 2 aromatic rings. The van der Waals surface area contributed by atoms with Gasteiger partial charge in [-0.15, -0.1) is 0 Å². The summed E-state index contributed by atoms with van der Waals surface area (Å²) in [7, 11) is 3.29. The van der Waals surface area contributed by atoms with Gasteiger partial charge < -0.3 is 9.47 Å². The second-order valence-corrected chi connectivity index (χ2v) is 5.01. The number of hydrogen-bond acceptors (Lipinski definition) is 2. The molecule has 0 aliphatic heterocycles. The SMILES string of the molecule is C[C@@H](c1ccc(F)cc1)N(C)C(=O)c1ccn(C)c(=O)c1. The molecule has 1 heterocycles. The van der Waals surface area contributed by atoms with E-state index in [4.69, 9.17) is 0 Å². The fourth-order valence-corrected chi connectivity index (χ4v) is 2.03. The van der Waals surface area contributed by atoms with Crippen molar-refractivity contribution in [3.8, 4) is 0 Å². The van der Waals surface area contributed by atoms with Crippen molar-refractivity contribution in [2.45, 2.75) is 13.0 Å². The molecule has 1 amide bonds. The zero-order valence-corrected chi connectivity index (χ0v) is 12.2. The molecule has 5 heteroatoms. The first-order valence-electron chi connectivity index (χ1n) is 6.59. The van der Waals surface area contributed by atoms with Crippen molar-refractivity contribution in [2.24, 2.45) is 7.05 Å². The molecule has 1 aromatic carbocycles. The highest BCUT2D eigenvalue weighted by atomic mass is 19.1. The largest absolute Gasteiger partial charge is 0.335 e. The van der Waals surface area contributed by atoms with Gasteiger partial charge >= 0.3 is 0 Å². The summed E-state index contributed by atoms with van der Waals surface area (Å²) in [6.07, 6.45) is 1.56. The molecular weight excluding hydrogens is 271 g/mol. The first-order chi connectivity index (χ1) is 9.90. The van der Waals surface area contributed by atoms with Crippen LogP contribution in [0.25, 0.3) is 0 Å². The third kappa shape index (κ3) is 3.18. The summed E-state index contributed by atoms with van der Waals surface area (Å²) in [4.78, 5) is 25.5. The summed E-state index contributed by atoms with van der Waals surface area (Å²) in [5, 5.41) is 0. The van der Waals surface area contributed by atoms with E-state index < -0.39 is 0 Å². The lowest BCUT2D eigenvalue weighted by atomic mass is 10.1. The van der Waals surface area contributed by atoms with E-state index in [9.17, 15) is 14.0 Å². The van der Waals surface area contributed by atoms with E-state index >= 15 is 0 Å². The van der Waals surface area contributed by atoms with Crippen molar-refractivity contribution in [3.05, 3.63) is 69.9 Å². The second-order valence-electron chi connectivity index (χ2n) is 5.01. The fraction of sp³-hybridized carbons (Fsp3) is 0.250. The number of nitrogens with zero attached hydrogens (tertiary/aromatic N) is 2. The van der Waals surface area contributed by atoms with E-state index in [1.807, 2.05) is 6.92 Å². The third-order valence-electron chi connectivity index (χ3n) is 3.60. The maximum atomic E-state index is 12.9. The Balaban J connectivity index is 2.23. The van der Waals surface area contributed by atoms with Gasteiger partial charge in [0.1, 0.15) is 5.82 Å². The first kappa shape index (κ1) is 15.0. The van der Waals surface area contributed by atoms with Crippen molar-refractivity contribution in [2.75, 3.05) is 7.05 Å². The predicted molar refractivity (Wildman–Crippen MR) is 78.6 cm³/mol. The number of rotatable bonds is 3. The Labute approximate surface area is 122 Å². The lowest BCUT2D eigenvalue weighted by Gasteiger charge is -2.25. The minimum atomic E-state index is -0.313. The number of aromatic nitrogens is 1. The van der Waals surface area contributed by atoms with Gasteiger partial charge in [0.15, 0.2) is 0 Å². The van der Waals surface area contributed by atoms with Crippen LogP contribution < -0.4 is 5.56 Å². The van der Waals surface area contributed by atoms with Crippen LogP contribution in [0.3, 0.4) is 0 Å². The summed E-state index contributed by atoms with van der Waals surface area (Å²) < 4.78 is 14.3. The molecule has 0 aliphatic carbocycles. The Hall–Kier alpha value is -2.43. The summed E-state index contributed by atoms with van der Waals surface area (Å²) in [6.45, 7) is 1.85. The molecule has 0 fully saturated rings. The smallest absolute Gasteiger partial charge is 0.254 e. The quantitative estimate of drug-likeness (QED) is 0.870. The Morgan fingerprint density at radius 3 is 2.43 bits per heavy atom. The first-order valence-corrected chi connectivity index (χ1v) is 6.59. The summed E-state index contributed by atoms with van der Waals surface area (Å²) in [5.41, 5.74) is 0.939. The standard InChI is InChI=1S/C16H17FN2O2/c1-11(12-4-6-14(17)7-5-12)19(3)16(21)13-8-9-18(2)15(20)10-13/h4-11H,1-3H3/t11-/m0/s1. The number of amides is 1. The van der Waals surface area contributed by atoms with E-state index in [0.717, 1.165) is 5.56 Å². The Bertz CT molecular complexity index is 707. The van der Waals surface area contributed by atoms with Gasteiger partial charge in [-0.25, -0.2) is 4.39 Å². The topological polar surface area (TPSA) is 42.3 Å². The van der Waals surface area contributed by atoms with Crippen LogP contribution in [0.15, 0.2) is 47.4 Å². The molecule has 0 saturated heterocycles. The van der Waals surface area contributed by atoms with Crippen molar-refractivity contribution < 1.29 is 9.18 Å². The molecule has 0 radical (unpaired) electrons. The van der Waals surface area contributed by atoms with Gasteiger partial charge in [-0.2, -0.15) is 0 Å². The number of hydrogen-bond donors (Lipinski definition) is 0. The summed E-state index contributed by atoms with van der Waals surface area (Å²) >= 11 is 0. The number of halogens is 1. The maximum absolute atomic E-state index is 12.9. The number of carbonyl (C=O) groups excluding carboxylic acids is 1. The maximum Gasteiger partial charge on any atom is 0.254 e. The van der Waals surface area contributed by atoms with Crippen LogP contribution in [-0.4, -0.2) is 22.4 Å². The minimum absolute atomic E-state index is 0.220. The molecule has 4 nitrogen and oxygen atoms in total. The molecule has 110 valence electrons. The fourth-order valence-electron chi connectivity index (χ4n) is 2.03. The van der Waals surface area contributed by atoms with Gasteiger partial charge in [0, 0.05) is 31.9 Å². The average molecular weight is 288 g/mol. The minimum Gasteiger partial charge on any atom is -0.335 e. The van der Waals surface area contributed by atoms with Crippen LogP contribution in [0.1, 0.15) is 28.9 Å². The molecule has 0 spiro atoms. The number of pyridine rings is 1. The Kier molecular flexibility index (Phi) is 4.21. The second kappa shape index (κ2) is 5.91. The van der Waals surface area contributed by atoms with E-state index in [1.54, 1.807) is 38.5 Å². The van der Waals surface area contributed by atoms with E-state index in [-0.39, 0.29) is 23.3 Å². The Morgan fingerprint density at radius 2 is 1.86 bits per heavy atom. The predicted octanol–water partition coefficient (Wildman–Crippen LogP) is 2.36. The number of benzene rings is 1. The zero-order valence-electron chi connectivity index (χ0n) is 12.2. The highest BCUT2D eigenvalue weighted by Gasteiger charge is 2.19. The van der Waals surface area contributed by atoms with Crippen LogP contribution >= 0.6 is 0 Å². The lowest BCUT2D eigenvalue weighted by molar-refractivity contribution is 0.0742. The monoisotopic (exact) mass is 288 g/mol. The van der Waals surface area contributed by atoms with E-state index in [2.05, 4.69) is 0 Å². The van der Waals surface area contributed by atoms with Gasteiger partial charge in [-0.1, -0.05) is 12.1 Å². The zero-order chi connectivity index (χ0) is 15.6. The molecular formula is C16H17FN2O2. The highest BCUT2D eigenvalue weighted by Crippen LogP contribution is 2.20. The van der Waals surface area contributed by atoms with Crippen LogP contribution in [0, 0.1) is 5.82 Å². The molecule has 21 heavy (non-hydrogen) atoms. The van der Waals surface area contributed by atoms with Gasteiger partial charge in [0.25, 0.3) is 11.5 Å². The molecule has 1 aromatic heterocycles. The van der Waals surface area contributed by atoms with Crippen LogP contribution in [-0.2, 0) is 7.05 Å². The van der Waals surface area contributed by atoms with Crippen LogP contribution in [0.4, 0.5) is 4.39 Å². The summed E-state index contributed by atoms with van der Waals surface area (Å²) in [5.74, 6) is -0.559. The molecule has 0 unspecified atom stereocenters. The molecule has 2 rings (SSSR count). The van der Waals surface area contributed by atoms with Crippen molar-refractivity contribution in [1.82, 2.24) is 9.47 Å². The van der Waals surface area contributed by atoms with Gasteiger partial charge in [-0.05, 0) is 30.7 Å². The molecule has 0 aliphatic rings. The van der Waals surface area contributed by atoms with E-state index in [0.29, 0.717) is 5.56 Å². The van der Waals surface area contributed by atoms with Gasteiger partial charge in [0.05, 0.1) is 6.04 Å².